The average Bonchev–Trinajstić information content (AvgIpc) is 3.12. The first-order chi connectivity index (χ1) is 8.83. The van der Waals surface area contributed by atoms with Crippen LogP contribution in [0, 0.1) is 5.92 Å². The Balaban J connectivity index is 1.60. The van der Waals surface area contributed by atoms with Crippen molar-refractivity contribution in [3.05, 3.63) is 12.4 Å². The summed E-state index contributed by atoms with van der Waals surface area (Å²) in [6, 6.07) is 0.297. The Morgan fingerprint density at radius 2 is 2.17 bits per heavy atom. The standard InChI is InChI=1S/C12H17N3O3/c16-12(9-1-3-17-7-9)14-10-5-13-15(6-10)11-2-4-18-8-11/h5-6,9,11H,1-4,7-8H2,(H,14,16)/t9-,11+/m0/s1. The van der Waals surface area contributed by atoms with Crippen LogP contribution in [0.3, 0.4) is 0 Å². The number of carbonyl (C=O) groups is 1. The van der Waals surface area contributed by atoms with Gasteiger partial charge in [0.05, 0.1) is 37.1 Å². The number of rotatable bonds is 3. The van der Waals surface area contributed by atoms with Crippen LogP contribution in [0.15, 0.2) is 12.4 Å². The van der Waals surface area contributed by atoms with Gasteiger partial charge in [0.25, 0.3) is 0 Å². The van der Waals surface area contributed by atoms with Crippen LogP contribution < -0.4 is 5.32 Å². The van der Waals surface area contributed by atoms with Crippen molar-refractivity contribution < 1.29 is 14.3 Å². The fraction of sp³-hybridized carbons (Fsp3) is 0.667. The van der Waals surface area contributed by atoms with E-state index >= 15 is 0 Å². The number of nitrogens with zero attached hydrogens (tertiary/aromatic N) is 2. The molecule has 0 aliphatic carbocycles. The van der Waals surface area contributed by atoms with E-state index in [1.165, 1.54) is 0 Å². The van der Waals surface area contributed by atoms with Crippen LogP contribution in [0.4, 0.5) is 5.69 Å². The van der Waals surface area contributed by atoms with Gasteiger partial charge in [0.15, 0.2) is 0 Å². The second-order valence-corrected chi connectivity index (χ2v) is 4.78. The quantitative estimate of drug-likeness (QED) is 0.863. The lowest BCUT2D eigenvalue weighted by atomic mass is 10.1. The maximum Gasteiger partial charge on any atom is 0.229 e. The smallest absolute Gasteiger partial charge is 0.229 e. The molecule has 2 aliphatic rings. The molecular formula is C12H17N3O3. The minimum Gasteiger partial charge on any atom is -0.381 e. The molecule has 3 heterocycles. The van der Waals surface area contributed by atoms with Crippen LogP contribution in [0.5, 0.6) is 0 Å². The molecule has 1 N–H and O–H groups in total. The zero-order chi connectivity index (χ0) is 12.4. The third kappa shape index (κ3) is 2.39. The lowest BCUT2D eigenvalue weighted by Crippen LogP contribution is -2.22. The number of carbonyl (C=O) groups excluding carboxylic acids is 1. The fourth-order valence-electron chi connectivity index (χ4n) is 2.32. The van der Waals surface area contributed by atoms with Gasteiger partial charge >= 0.3 is 0 Å². The Morgan fingerprint density at radius 3 is 2.89 bits per heavy atom. The molecule has 1 aromatic rings. The highest BCUT2D eigenvalue weighted by molar-refractivity contribution is 5.92. The summed E-state index contributed by atoms with van der Waals surface area (Å²) in [5, 5.41) is 7.15. The van der Waals surface area contributed by atoms with E-state index in [9.17, 15) is 4.79 Å². The summed E-state index contributed by atoms with van der Waals surface area (Å²) in [6.07, 6.45) is 5.33. The SMILES string of the molecule is O=C(Nc1cnn([C@@H]2CCOC2)c1)[C@H]1CCOC1. The predicted octanol–water partition coefficient (Wildman–Crippen LogP) is 0.819. The van der Waals surface area contributed by atoms with E-state index in [1.807, 2.05) is 10.9 Å². The lowest BCUT2D eigenvalue weighted by molar-refractivity contribution is -0.119. The van der Waals surface area contributed by atoms with Gasteiger partial charge in [-0.3, -0.25) is 9.48 Å². The molecule has 0 bridgehead atoms. The van der Waals surface area contributed by atoms with E-state index in [0.29, 0.717) is 25.9 Å². The molecule has 1 amide bonds. The minimum atomic E-state index is -0.0248. The van der Waals surface area contributed by atoms with Gasteiger partial charge in [-0.1, -0.05) is 0 Å². The molecule has 0 radical (unpaired) electrons. The molecule has 0 aromatic carbocycles. The lowest BCUT2D eigenvalue weighted by Gasteiger charge is -2.08. The highest BCUT2D eigenvalue weighted by atomic mass is 16.5. The van der Waals surface area contributed by atoms with Crippen molar-refractivity contribution in [2.24, 2.45) is 5.92 Å². The normalized spacial score (nSPS) is 27.6. The zero-order valence-corrected chi connectivity index (χ0v) is 10.2. The monoisotopic (exact) mass is 251 g/mol. The van der Waals surface area contributed by atoms with E-state index in [1.54, 1.807) is 6.20 Å². The Labute approximate surface area is 105 Å². The minimum absolute atomic E-state index is 0.0229. The zero-order valence-electron chi connectivity index (χ0n) is 10.2. The van der Waals surface area contributed by atoms with E-state index in [0.717, 1.165) is 25.1 Å². The predicted molar refractivity (Wildman–Crippen MR) is 64.3 cm³/mol. The third-order valence-corrected chi connectivity index (χ3v) is 3.45. The van der Waals surface area contributed by atoms with Crippen LogP contribution in [-0.4, -0.2) is 42.1 Å². The van der Waals surface area contributed by atoms with E-state index < -0.39 is 0 Å². The summed E-state index contributed by atoms with van der Waals surface area (Å²) >= 11 is 0. The molecule has 2 aliphatic heterocycles. The van der Waals surface area contributed by atoms with E-state index in [2.05, 4.69) is 10.4 Å². The van der Waals surface area contributed by atoms with Crippen LogP contribution in [-0.2, 0) is 14.3 Å². The second kappa shape index (κ2) is 5.07. The van der Waals surface area contributed by atoms with E-state index in [4.69, 9.17) is 9.47 Å². The van der Waals surface area contributed by atoms with Gasteiger partial charge in [0.1, 0.15) is 0 Å². The van der Waals surface area contributed by atoms with Crippen LogP contribution in [0.1, 0.15) is 18.9 Å². The maximum atomic E-state index is 11.9. The Kier molecular flexibility index (Phi) is 3.29. The van der Waals surface area contributed by atoms with Gasteiger partial charge in [-0.2, -0.15) is 5.10 Å². The number of anilines is 1. The number of ether oxygens (including phenoxy) is 2. The van der Waals surface area contributed by atoms with Crippen molar-refractivity contribution in [3.8, 4) is 0 Å². The molecule has 0 saturated carbocycles. The van der Waals surface area contributed by atoms with Crippen molar-refractivity contribution in [2.75, 3.05) is 31.7 Å². The first-order valence-electron chi connectivity index (χ1n) is 6.33. The molecule has 2 saturated heterocycles. The first-order valence-corrected chi connectivity index (χ1v) is 6.33. The van der Waals surface area contributed by atoms with Crippen molar-refractivity contribution in [2.45, 2.75) is 18.9 Å². The Hall–Kier alpha value is -1.40. The molecule has 1 aromatic heterocycles. The van der Waals surface area contributed by atoms with Gasteiger partial charge in [0, 0.05) is 19.4 Å². The number of amides is 1. The van der Waals surface area contributed by atoms with Gasteiger partial charge in [-0.25, -0.2) is 0 Å². The van der Waals surface area contributed by atoms with Gasteiger partial charge in [-0.15, -0.1) is 0 Å². The molecule has 3 rings (SSSR count). The molecule has 0 spiro atoms. The average molecular weight is 251 g/mol. The van der Waals surface area contributed by atoms with Gasteiger partial charge in [-0.05, 0) is 12.8 Å². The number of hydrogen-bond donors (Lipinski definition) is 1. The molecule has 2 atom stereocenters. The Bertz CT molecular complexity index is 420. The molecule has 18 heavy (non-hydrogen) atoms. The topological polar surface area (TPSA) is 65.4 Å². The van der Waals surface area contributed by atoms with Crippen molar-refractivity contribution >= 4 is 11.6 Å². The largest absolute Gasteiger partial charge is 0.381 e. The van der Waals surface area contributed by atoms with Crippen LogP contribution >= 0.6 is 0 Å². The van der Waals surface area contributed by atoms with Gasteiger partial charge in [0.2, 0.25) is 5.91 Å². The summed E-state index contributed by atoms with van der Waals surface area (Å²) in [6.45, 7) is 2.68. The number of aromatic nitrogens is 2. The van der Waals surface area contributed by atoms with Gasteiger partial charge < -0.3 is 14.8 Å². The molecule has 98 valence electrons. The summed E-state index contributed by atoms with van der Waals surface area (Å²) in [4.78, 5) is 11.9. The van der Waals surface area contributed by atoms with Crippen LogP contribution in [0.25, 0.3) is 0 Å². The molecule has 6 nitrogen and oxygen atoms in total. The van der Waals surface area contributed by atoms with Crippen molar-refractivity contribution in [1.29, 1.82) is 0 Å². The third-order valence-electron chi connectivity index (χ3n) is 3.45. The highest BCUT2D eigenvalue weighted by Crippen LogP contribution is 2.20. The fourth-order valence-corrected chi connectivity index (χ4v) is 2.32. The summed E-state index contributed by atoms with van der Waals surface area (Å²) in [7, 11) is 0. The second-order valence-electron chi connectivity index (χ2n) is 4.78. The van der Waals surface area contributed by atoms with Crippen molar-refractivity contribution in [3.63, 3.8) is 0 Å². The molecular weight excluding hydrogens is 234 g/mol. The number of nitrogens with one attached hydrogen (secondary N) is 1. The number of hydrogen-bond acceptors (Lipinski definition) is 4. The Morgan fingerprint density at radius 1 is 1.33 bits per heavy atom. The highest BCUT2D eigenvalue weighted by Gasteiger charge is 2.24. The van der Waals surface area contributed by atoms with Crippen LogP contribution in [0.2, 0.25) is 0 Å². The summed E-state index contributed by atoms with van der Waals surface area (Å²) in [5.74, 6) is -0.00196. The molecule has 0 unspecified atom stereocenters. The molecule has 6 heteroatoms. The van der Waals surface area contributed by atoms with E-state index in [-0.39, 0.29) is 11.8 Å². The van der Waals surface area contributed by atoms with Crippen molar-refractivity contribution in [1.82, 2.24) is 9.78 Å². The summed E-state index contributed by atoms with van der Waals surface area (Å²) in [5.41, 5.74) is 0.749. The summed E-state index contributed by atoms with van der Waals surface area (Å²) < 4.78 is 12.4. The first kappa shape index (κ1) is 11.7. The molecule has 2 fully saturated rings. The maximum absolute atomic E-state index is 11.9.